The summed E-state index contributed by atoms with van der Waals surface area (Å²) in [6.45, 7) is 0.229. The monoisotopic (exact) mass is 449 g/mol. The van der Waals surface area contributed by atoms with Gasteiger partial charge in [-0.05, 0) is 42.5 Å². The summed E-state index contributed by atoms with van der Waals surface area (Å²) in [6, 6.07) is 13.3. The van der Waals surface area contributed by atoms with Crippen molar-refractivity contribution in [1.29, 1.82) is 0 Å². The minimum absolute atomic E-state index is 0.0422. The van der Waals surface area contributed by atoms with Crippen LogP contribution in [-0.4, -0.2) is 22.8 Å². The molecule has 1 amide bonds. The number of carbonyl (C=O) groups is 1. The number of thiophene rings is 1. The Morgan fingerprint density at radius 2 is 2.09 bits per heavy atom. The Bertz CT molecular complexity index is 1320. The van der Waals surface area contributed by atoms with Crippen LogP contribution in [0.25, 0.3) is 21.5 Å². The smallest absolute Gasteiger partial charge is 0.349 e. The number of methoxy groups -OCH3 is 1. The van der Waals surface area contributed by atoms with Crippen molar-refractivity contribution in [3.8, 4) is 16.3 Å². The van der Waals surface area contributed by atoms with E-state index in [-0.39, 0.29) is 12.1 Å². The predicted molar refractivity (Wildman–Crippen MR) is 123 cm³/mol. The fourth-order valence-corrected chi connectivity index (χ4v) is 5.00. The van der Waals surface area contributed by atoms with Crippen LogP contribution >= 0.6 is 11.3 Å². The third-order valence-corrected chi connectivity index (χ3v) is 6.74. The van der Waals surface area contributed by atoms with Crippen LogP contribution in [0.2, 0.25) is 0 Å². The lowest BCUT2D eigenvalue weighted by Crippen LogP contribution is -2.28. The zero-order valence-corrected chi connectivity index (χ0v) is 18.5. The predicted octanol–water partition coefficient (Wildman–Crippen LogP) is 4.77. The van der Waals surface area contributed by atoms with Crippen LogP contribution in [0.1, 0.15) is 47.8 Å². The molecule has 3 heterocycles. The molecule has 0 atom stereocenters. The van der Waals surface area contributed by atoms with Gasteiger partial charge in [0.05, 0.1) is 36.0 Å². The third-order valence-electron chi connectivity index (χ3n) is 5.85. The molecule has 1 aliphatic carbocycles. The Hall–Kier alpha value is -3.39. The van der Waals surface area contributed by atoms with Crippen molar-refractivity contribution in [1.82, 2.24) is 15.1 Å². The van der Waals surface area contributed by atoms with Crippen LogP contribution in [0.3, 0.4) is 0 Å². The molecule has 0 bridgehead atoms. The van der Waals surface area contributed by atoms with E-state index in [0.717, 1.165) is 29.1 Å². The second kappa shape index (κ2) is 8.63. The molecule has 8 heteroatoms. The molecule has 0 saturated heterocycles. The van der Waals surface area contributed by atoms with Crippen molar-refractivity contribution in [3.05, 3.63) is 69.5 Å². The quantitative estimate of drug-likeness (QED) is 0.429. The number of hydrogen-bond donors (Lipinski definition) is 1. The highest BCUT2D eigenvalue weighted by atomic mass is 32.1. The molecule has 1 N–H and O–H groups in total. The van der Waals surface area contributed by atoms with E-state index in [1.807, 2.05) is 12.1 Å². The van der Waals surface area contributed by atoms with E-state index in [9.17, 15) is 9.59 Å². The summed E-state index contributed by atoms with van der Waals surface area (Å²) in [7, 11) is 1.50. The van der Waals surface area contributed by atoms with E-state index in [1.165, 1.54) is 26.0 Å². The molecule has 32 heavy (non-hydrogen) atoms. The summed E-state index contributed by atoms with van der Waals surface area (Å²) in [5.41, 5.74) is 1.43. The summed E-state index contributed by atoms with van der Waals surface area (Å²) < 4.78 is 12.7. The van der Waals surface area contributed by atoms with Gasteiger partial charge < -0.3 is 14.5 Å². The largest absolute Gasteiger partial charge is 0.493 e. The van der Waals surface area contributed by atoms with Crippen molar-refractivity contribution in [2.24, 2.45) is 0 Å². The van der Waals surface area contributed by atoms with Crippen LogP contribution < -0.4 is 15.7 Å². The van der Waals surface area contributed by atoms with Gasteiger partial charge in [0.25, 0.3) is 5.91 Å². The van der Waals surface area contributed by atoms with E-state index in [0.29, 0.717) is 22.8 Å². The highest BCUT2D eigenvalue weighted by Crippen LogP contribution is 2.35. The lowest BCUT2D eigenvalue weighted by Gasteiger charge is -2.13. The van der Waals surface area contributed by atoms with E-state index in [2.05, 4.69) is 21.4 Å². The summed E-state index contributed by atoms with van der Waals surface area (Å²) in [6.07, 6.45) is 4.66. The normalized spacial score (nSPS) is 14.2. The number of hydrogen-bond acceptors (Lipinski definition) is 6. The molecule has 1 aromatic carbocycles. The van der Waals surface area contributed by atoms with Crippen LogP contribution in [0.5, 0.6) is 5.75 Å². The molecule has 5 rings (SSSR count). The van der Waals surface area contributed by atoms with Gasteiger partial charge in [-0.3, -0.25) is 9.48 Å². The molecule has 0 spiro atoms. The molecule has 7 nitrogen and oxygen atoms in total. The highest BCUT2D eigenvalue weighted by molar-refractivity contribution is 7.13. The third kappa shape index (κ3) is 3.82. The van der Waals surface area contributed by atoms with Crippen LogP contribution in [0.15, 0.2) is 57.1 Å². The molecule has 0 radical (unpaired) electrons. The summed E-state index contributed by atoms with van der Waals surface area (Å²) in [5.74, 6) is -0.0401. The van der Waals surface area contributed by atoms with Gasteiger partial charge >= 0.3 is 5.63 Å². The molecule has 164 valence electrons. The summed E-state index contributed by atoms with van der Waals surface area (Å²) in [4.78, 5) is 26.4. The number of benzene rings is 1. The molecule has 1 saturated carbocycles. The van der Waals surface area contributed by atoms with Crippen molar-refractivity contribution < 1.29 is 13.9 Å². The van der Waals surface area contributed by atoms with Crippen molar-refractivity contribution in [2.75, 3.05) is 7.11 Å². The van der Waals surface area contributed by atoms with Gasteiger partial charge in [0, 0.05) is 5.39 Å². The zero-order valence-electron chi connectivity index (χ0n) is 17.7. The second-order valence-corrected chi connectivity index (χ2v) is 8.84. The van der Waals surface area contributed by atoms with Crippen molar-refractivity contribution in [2.45, 2.75) is 38.3 Å². The topological polar surface area (TPSA) is 86.4 Å². The first-order chi connectivity index (χ1) is 15.6. The number of carbonyl (C=O) groups excluding carboxylic acids is 1. The molecule has 1 aliphatic rings. The molecule has 0 aliphatic heterocycles. The zero-order chi connectivity index (χ0) is 22.1. The first-order valence-corrected chi connectivity index (χ1v) is 11.5. The van der Waals surface area contributed by atoms with Crippen LogP contribution in [0, 0.1) is 0 Å². The minimum atomic E-state index is -0.699. The van der Waals surface area contributed by atoms with Crippen molar-refractivity contribution >= 4 is 28.2 Å². The summed E-state index contributed by atoms with van der Waals surface area (Å²) in [5, 5.41) is 10.3. The van der Waals surface area contributed by atoms with Gasteiger partial charge in [0.15, 0.2) is 11.3 Å². The fraction of sp³-hybridized carbons (Fsp3) is 0.292. The molecule has 3 aromatic heterocycles. The standard InChI is InChI=1S/C24H23N3O4S/c1-30-20-9-4-6-15-12-18(24(29)31-22(15)20)23(28)25-14-16-13-19(21-10-5-11-32-21)27(26-16)17-7-2-3-8-17/h4-6,9-13,17H,2-3,7-8,14H2,1H3,(H,25,28). The average molecular weight is 450 g/mol. The number of para-hydroxylation sites is 1. The Morgan fingerprint density at radius 3 is 2.84 bits per heavy atom. The number of nitrogens with one attached hydrogen (secondary N) is 1. The number of rotatable bonds is 6. The molecular formula is C24H23N3O4S. The van der Waals surface area contributed by atoms with E-state index >= 15 is 0 Å². The molecule has 0 unspecified atom stereocenters. The average Bonchev–Trinajstić information content (AvgIpc) is 3.57. The van der Waals surface area contributed by atoms with Crippen LogP contribution in [-0.2, 0) is 6.54 Å². The second-order valence-electron chi connectivity index (χ2n) is 7.89. The molecule has 4 aromatic rings. The number of aromatic nitrogens is 2. The Balaban J connectivity index is 1.39. The van der Waals surface area contributed by atoms with Gasteiger partial charge in [-0.15, -0.1) is 11.3 Å². The first kappa shape index (κ1) is 20.5. The maximum Gasteiger partial charge on any atom is 0.349 e. The Kier molecular flexibility index (Phi) is 5.53. The van der Waals surface area contributed by atoms with Crippen LogP contribution in [0.4, 0.5) is 0 Å². The van der Waals surface area contributed by atoms with Gasteiger partial charge in [-0.2, -0.15) is 5.10 Å². The van der Waals surface area contributed by atoms with Gasteiger partial charge in [0.1, 0.15) is 5.56 Å². The first-order valence-electron chi connectivity index (χ1n) is 10.7. The SMILES string of the molecule is COc1cccc2cc(C(=O)NCc3cc(-c4cccs4)n(C4CCCC4)n3)c(=O)oc12. The molecular weight excluding hydrogens is 426 g/mol. The molecule has 1 fully saturated rings. The maximum atomic E-state index is 12.8. The number of amides is 1. The minimum Gasteiger partial charge on any atom is -0.493 e. The number of fused-ring (bicyclic) bond motifs is 1. The fourth-order valence-electron chi connectivity index (χ4n) is 4.27. The van der Waals surface area contributed by atoms with E-state index in [1.54, 1.807) is 29.5 Å². The van der Waals surface area contributed by atoms with Gasteiger partial charge in [0.2, 0.25) is 0 Å². The highest BCUT2D eigenvalue weighted by Gasteiger charge is 2.23. The summed E-state index contributed by atoms with van der Waals surface area (Å²) >= 11 is 1.68. The van der Waals surface area contributed by atoms with Gasteiger partial charge in [-0.1, -0.05) is 31.0 Å². The Labute approximate surface area is 188 Å². The lowest BCUT2D eigenvalue weighted by molar-refractivity contribution is 0.0946. The van der Waals surface area contributed by atoms with E-state index < -0.39 is 11.5 Å². The van der Waals surface area contributed by atoms with Crippen molar-refractivity contribution in [3.63, 3.8) is 0 Å². The number of nitrogens with zero attached hydrogens (tertiary/aromatic N) is 2. The van der Waals surface area contributed by atoms with E-state index in [4.69, 9.17) is 14.3 Å². The maximum absolute atomic E-state index is 12.8. The Morgan fingerprint density at radius 1 is 1.25 bits per heavy atom. The lowest BCUT2D eigenvalue weighted by atomic mass is 10.1. The van der Waals surface area contributed by atoms with Gasteiger partial charge in [-0.25, -0.2) is 4.79 Å². The number of ether oxygens (including phenoxy) is 1.